The van der Waals surface area contributed by atoms with Crippen LogP contribution in [0.1, 0.15) is 20.7 Å². The van der Waals surface area contributed by atoms with Gasteiger partial charge in [-0.1, -0.05) is 42.5 Å². The number of methoxy groups -OCH3 is 1. The molecule has 0 unspecified atom stereocenters. The lowest BCUT2D eigenvalue weighted by Crippen LogP contribution is -2.14. The summed E-state index contributed by atoms with van der Waals surface area (Å²) in [6, 6.07) is 21.6. The van der Waals surface area contributed by atoms with E-state index in [0.717, 1.165) is 5.56 Å². The first-order valence-corrected chi connectivity index (χ1v) is 10.3. The number of pyridine rings is 1. The minimum atomic E-state index is -0.511. The minimum absolute atomic E-state index is 0.327. The van der Waals surface area contributed by atoms with Gasteiger partial charge in [0.25, 0.3) is 5.91 Å². The van der Waals surface area contributed by atoms with E-state index in [4.69, 9.17) is 9.47 Å². The molecule has 0 saturated heterocycles. The number of amides is 1. The second kappa shape index (κ2) is 9.23. The number of anilines is 1. The Labute approximate surface area is 183 Å². The predicted molar refractivity (Wildman–Crippen MR) is 120 cm³/mol. The van der Waals surface area contributed by atoms with Crippen LogP contribution in [0.4, 0.5) is 5.00 Å². The van der Waals surface area contributed by atoms with Gasteiger partial charge in [-0.15, -0.1) is 11.3 Å². The minimum Gasteiger partial charge on any atom is -0.465 e. The summed E-state index contributed by atoms with van der Waals surface area (Å²) in [5, 5.41) is 5.08. The van der Waals surface area contributed by atoms with Gasteiger partial charge in [0.1, 0.15) is 16.3 Å². The van der Waals surface area contributed by atoms with Crippen molar-refractivity contribution >= 4 is 28.2 Å². The van der Waals surface area contributed by atoms with Crippen LogP contribution in [0.25, 0.3) is 11.1 Å². The van der Waals surface area contributed by atoms with E-state index in [2.05, 4.69) is 10.3 Å². The van der Waals surface area contributed by atoms with Crippen LogP contribution < -0.4 is 10.1 Å². The monoisotopic (exact) mass is 430 g/mol. The second-order valence-electron chi connectivity index (χ2n) is 6.46. The van der Waals surface area contributed by atoms with Crippen molar-refractivity contribution in [1.29, 1.82) is 0 Å². The van der Waals surface area contributed by atoms with Gasteiger partial charge in [-0.05, 0) is 29.8 Å². The van der Waals surface area contributed by atoms with E-state index in [1.165, 1.54) is 18.4 Å². The van der Waals surface area contributed by atoms with E-state index in [1.807, 2.05) is 41.8 Å². The van der Waals surface area contributed by atoms with Gasteiger partial charge in [0.15, 0.2) is 0 Å². The van der Waals surface area contributed by atoms with Crippen molar-refractivity contribution in [1.82, 2.24) is 4.98 Å². The molecule has 0 aliphatic rings. The van der Waals surface area contributed by atoms with Gasteiger partial charge >= 0.3 is 5.97 Å². The van der Waals surface area contributed by atoms with Crippen molar-refractivity contribution in [3.05, 3.63) is 95.5 Å². The van der Waals surface area contributed by atoms with Crippen molar-refractivity contribution < 1.29 is 19.1 Å². The van der Waals surface area contributed by atoms with Crippen LogP contribution in [0.5, 0.6) is 11.6 Å². The molecule has 4 aromatic rings. The number of rotatable bonds is 6. The molecular formula is C24H18N2O4S. The van der Waals surface area contributed by atoms with Gasteiger partial charge in [0.2, 0.25) is 5.88 Å². The lowest BCUT2D eigenvalue weighted by atomic mass is 10.0. The molecule has 31 heavy (non-hydrogen) atoms. The number of thiophene rings is 1. The molecule has 0 spiro atoms. The predicted octanol–water partition coefficient (Wildman–Crippen LogP) is 5.64. The highest BCUT2D eigenvalue weighted by Crippen LogP contribution is 2.36. The Hall–Kier alpha value is -3.97. The highest BCUT2D eigenvalue weighted by Gasteiger charge is 2.22. The first-order chi connectivity index (χ1) is 15.2. The number of carbonyl (C=O) groups excluding carboxylic acids is 2. The number of esters is 1. The summed E-state index contributed by atoms with van der Waals surface area (Å²) in [5.41, 5.74) is 2.29. The van der Waals surface area contributed by atoms with Crippen LogP contribution in [0.3, 0.4) is 0 Å². The Bertz CT molecular complexity index is 1210. The highest BCUT2D eigenvalue weighted by molar-refractivity contribution is 7.15. The standard InChI is InChI=1S/C24H18N2O4S/c1-29-24(28)21-19(16-8-3-2-4-9-16)15-31-23(21)26-22(27)17-10-7-11-18(14-17)30-20-12-5-6-13-25-20/h2-15H,1H3,(H,26,27). The first kappa shape index (κ1) is 20.3. The SMILES string of the molecule is COC(=O)c1c(-c2ccccc2)csc1NC(=O)c1cccc(Oc2ccccn2)c1. The summed E-state index contributed by atoms with van der Waals surface area (Å²) in [6.45, 7) is 0. The molecule has 2 aromatic heterocycles. The summed E-state index contributed by atoms with van der Waals surface area (Å²) >= 11 is 1.27. The fourth-order valence-electron chi connectivity index (χ4n) is 2.99. The van der Waals surface area contributed by atoms with E-state index in [0.29, 0.717) is 33.3 Å². The maximum absolute atomic E-state index is 12.9. The molecule has 6 nitrogen and oxygen atoms in total. The van der Waals surface area contributed by atoms with Crippen LogP contribution in [-0.2, 0) is 4.74 Å². The molecule has 4 rings (SSSR count). The molecular weight excluding hydrogens is 412 g/mol. The van der Waals surface area contributed by atoms with E-state index in [1.54, 1.807) is 42.6 Å². The Morgan fingerprint density at radius 2 is 1.77 bits per heavy atom. The molecule has 0 saturated carbocycles. The average molecular weight is 430 g/mol. The average Bonchev–Trinajstić information content (AvgIpc) is 3.23. The Morgan fingerprint density at radius 3 is 2.52 bits per heavy atom. The molecule has 2 heterocycles. The van der Waals surface area contributed by atoms with Crippen LogP contribution in [0, 0.1) is 0 Å². The fourth-order valence-corrected chi connectivity index (χ4v) is 3.94. The van der Waals surface area contributed by atoms with E-state index in [-0.39, 0.29) is 5.91 Å². The number of hydrogen-bond donors (Lipinski definition) is 1. The molecule has 1 N–H and O–H groups in total. The van der Waals surface area contributed by atoms with E-state index >= 15 is 0 Å². The molecule has 1 amide bonds. The third-order valence-electron chi connectivity index (χ3n) is 4.45. The second-order valence-corrected chi connectivity index (χ2v) is 7.34. The van der Waals surface area contributed by atoms with Crippen molar-refractivity contribution in [2.24, 2.45) is 0 Å². The molecule has 0 aliphatic heterocycles. The smallest absolute Gasteiger partial charge is 0.341 e. The Morgan fingerprint density at radius 1 is 0.968 bits per heavy atom. The maximum Gasteiger partial charge on any atom is 0.341 e. The number of nitrogens with zero attached hydrogens (tertiary/aromatic N) is 1. The topological polar surface area (TPSA) is 77.5 Å². The lowest BCUT2D eigenvalue weighted by Gasteiger charge is -2.09. The summed E-state index contributed by atoms with van der Waals surface area (Å²) in [6.07, 6.45) is 1.63. The third-order valence-corrected chi connectivity index (χ3v) is 5.34. The molecule has 0 aliphatic carbocycles. The van der Waals surface area contributed by atoms with Crippen LogP contribution >= 0.6 is 11.3 Å². The van der Waals surface area contributed by atoms with Crippen LogP contribution in [0.2, 0.25) is 0 Å². The van der Waals surface area contributed by atoms with E-state index < -0.39 is 5.97 Å². The summed E-state index contributed by atoms with van der Waals surface area (Å²) < 4.78 is 10.7. The fraction of sp³-hybridized carbons (Fsp3) is 0.0417. The van der Waals surface area contributed by atoms with E-state index in [9.17, 15) is 9.59 Å². The van der Waals surface area contributed by atoms with Gasteiger partial charge in [0, 0.05) is 28.8 Å². The molecule has 0 atom stereocenters. The Kier molecular flexibility index (Phi) is 6.05. The number of hydrogen-bond acceptors (Lipinski definition) is 6. The summed E-state index contributed by atoms with van der Waals surface area (Å²) in [7, 11) is 1.32. The normalized spacial score (nSPS) is 10.4. The third kappa shape index (κ3) is 4.62. The maximum atomic E-state index is 12.9. The van der Waals surface area contributed by atoms with Gasteiger partial charge in [-0.3, -0.25) is 4.79 Å². The summed E-state index contributed by atoms with van der Waals surface area (Å²) in [5.74, 6) is 0.0372. The molecule has 0 bridgehead atoms. The highest BCUT2D eigenvalue weighted by atomic mass is 32.1. The van der Waals surface area contributed by atoms with Gasteiger partial charge in [0.05, 0.1) is 7.11 Å². The van der Waals surface area contributed by atoms with Gasteiger partial charge < -0.3 is 14.8 Å². The number of ether oxygens (including phenoxy) is 2. The number of nitrogens with one attached hydrogen (secondary N) is 1. The quantitative estimate of drug-likeness (QED) is 0.401. The van der Waals surface area contributed by atoms with Crippen molar-refractivity contribution in [2.75, 3.05) is 12.4 Å². The first-order valence-electron chi connectivity index (χ1n) is 9.41. The number of aromatic nitrogens is 1. The summed E-state index contributed by atoms with van der Waals surface area (Å²) in [4.78, 5) is 29.5. The molecule has 154 valence electrons. The van der Waals surface area contributed by atoms with Crippen LogP contribution in [-0.4, -0.2) is 24.0 Å². The molecule has 0 radical (unpaired) electrons. The van der Waals surface area contributed by atoms with Crippen molar-refractivity contribution in [2.45, 2.75) is 0 Å². The lowest BCUT2D eigenvalue weighted by molar-refractivity contribution is 0.0603. The van der Waals surface area contributed by atoms with Crippen LogP contribution in [0.15, 0.2) is 84.4 Å². The number of benzene rings is 2. The zero-order valence-electron chi connectivity index (χ0n) is 16.6. The van der Waals surface area contributed by atoms with Gasteiger partial charge in [-0.2, -0.15) is 0 Å². The largest absolute Gasteiger partial charge is 0.465 e. The van der Waals surface area contributed by atoms with Gasteiger partial charge in [-0.25, -0.2) is 9.78 Å². The Balaban J connectivity index is 1.60. The number of carbonyl (C=O) groups is 2. The molecule has 0 fully saturated rings. The molecule has 7 heteroatoms. The van der Waals surface area contributed by atoms with Crippen molar-refractivity contribution in [3.63, 3.8) is 0 Å². The van der Waals surface area contributed by atoms with Crippen molar-refractivity contribution in [3.8, 4) is 22.8 Å². The molecule has 2 aromatic carbocycles. The zero-order chi connectivity index (χ0) is 21.6. The zero-order valence-corrected chi connectivity index (χ0v) is 17.4.